The van der Waals surface area contributed by atoms with Crippen LogP contribution in [0.5, 0.6) is 0 Å². The summed E-state index contributed by atoms with van der Waals surface area (Å²) in [4.78, 5) is 21.7. The van der Waals surface area contributed by atoms with Crippen molar-refractivity contribution in [3.8, 4) is 0 Å². The minimum Gasteiger partial charge on any atom is -0.342 e. The fourth-order valence-electron chi connectivity index (χ4n) is 4.39. The highest BCUT2D eigenvalue weighted by Gasteiger charge is 2.52. The molecular weight excluding hydrogens is 298 g/mol. The first-order valence-corrected chi connectivity index (χ1v) is 9.61. The van der Waals surface area contributed by atoms with Gasteiger partial charge in [0, 0.05) is 37.8 Å². The summed E-state index contributed by atoms with van der Waals surface area (Å²) >= 11 is 0. The zero-order valence-corrected chi connectivity index (χ0v) is 14.7. The van der Waals surface area contributed by atoms with E-state index >= 15 is 0 Å². The maximum Gasteiger partial charge on any atom is 0.225 e. The molecule has 0 radical (unpaired) electrons. The Balaban J connectivity index is 1.28. The third kappa shape index (κ3) is 3.64. The molecule has 3 fully saturated rings. The quantitative estimate of drug-likeness (QED) is 0.834. The second kappa shape index (κ2) is 6.83. The Kier molecular flexibility index (Phi) is 4.57. The van der Waals surface area contributed by atoms with Crippen molar-refractivity contribution >= 4 is 5.91 Å². The molecule has 1 amide bonds. The standard InChI is InChI=1S/C20H29N3O/c1-22(14-16-5-2-3-10-21-16)17-6-4-11-23(12-9-17)20(24)19-13-18(19)15-7-8-15/h2-3,5,10,15,17-19H,4,6-9,11-14H2,1H3/t17-,18+,19+/m1/s1. The summed E-state index contributed by atoms with van der Waals surface area (Å²) in [7, 11) is 2.20. The van der Waals surface area contributed by atoms with Crippen LogP contribution >= 0.6 is 0 Å². The van der Waals surface area contributed by atoms with Crippen LogP contribution in [0.25, 0.3) is 0 Å². The van der Waals surface area contributed by atoms with E-state index in [0.29, 0.717) is 17.9 Å². The van der Waals surface area contributed by atoms with Gasteiger partial charge in [0.2, 0.25) is 5.91 Å². The normalized spacial score (nSPS) is 30.2. The smallest absolute Gasteiger partial charge is 0.225 e. The van der Waals surface area contributed by atoms with Gasteiger partial charge in [-0.1, -0.05) is 6.07 Å². The average molecular weight is 327 g/mol. The van der Waals surface area contributed by atoms with Crippen LogP contribution in [0, 0.1) is 17.8 Å². The van der Waals surface area contributed by atoms with Crippen molar-refractivity contribution in [1.29, 1.82) is 0 Å². The highest BCUT2D eigenvalue weighted by molar-refractivity contribution is 5.81. The van der Waals surface area contributed by atoms with Gasteiger partial charge in [-0.25, -0.2) is 0 Å². The lowest BCUT2D eigenvalue weighted by atomic mass is 10.1. The lowest BCUT2D eigenvalue weighted by Crippen LogP contribution is -2.36. The molecule has 130 valence electrons. The number of likely N-dealkylation sites (tertiary alicyclic amines) is 1. The lowest BCUT2D eigenvalue weighted by molar-refractivity contribution is -0.133. The van der Waals surface area contributed by atoms with Crippen LogP contribution in [0.15, 0.2) is 24.4 Å². The molecular formula is C20H29N3O. The maximum absolute atomic E-state index is 12.7. The predicted octanol–water partition coefficient (Wildman–Crippen LogP) is 2.94. The molecule has 4 rings (SSSR count). The zero-order chi connectivity index (χ0) is 16.5. The highest BCUT2D eigenvalue weighted by Crippen LogP contribution is 2.55. The number of rotatable bonds is 5. The molecule has 1 aliphatic heterocycles. The van der Waals surface area contributed by atoms with Gasteiger partial charge in [-0.3, -0.25) is 14.7 Å². The number of hydrogen-bond acceptors (Lipinski definition) is 3. The summed E-state index contributed by atoms with van der Waals surface area (Å²) in [5, 5.41) is 0. The van der Waals surface area contributed by atoms with Crippen molar-refractivity contribution < 1.29 is 4.79 Å². The van der Waals surface area contributed by atoms with E-state index in [1.165, 1.54) is 25.7 Å². The van der Waals surface area contributed by atoms with Gasteiger partial charge in [0.05, 0.1) is 5.69 Å². The average Bonchev–Trinajstić information content (AvgIpc) is 3.48. The Hall–Kier alpha value is -1.42. The Bertz CT molecular complexity index is 572. The van der Waals surface area contributed by atoms with E-state index in [0.717, 1.165) is 50.0 Å². The van der Waals surface area contributed by atoms with Crippen LogP contribution in [0.4, 0.5) is 0 Å². The number of aromatic nitrogens is 1. The molecule has 3 atom stereocenters. The van der Waals surface area contributed by atoms with E-state index < -0.39 is 0 Å². The second-order valence-electron chi connectivity index (χ2n) is 7.99. The molecule has 24 heavy (non-hydrogen) atoms. The molecule has 2 aliphatic carbocycles. The minimum atomic E-state index is 0.375. The zero-order valence-electron chi connectivity index (χ0n) is 14.7. The number of carbonyl (C=O) groups excluding carboxylic acids is 1. The first-order chi connectivity index (χ1) is 11.7. The predicted molar refractivity (Wildman–Crippen MR) is 94.2 cm³/mol. The van der Waals surface area contributed by atoms with Gasteiger partial charge >= 0.3 is 0 Å². The Morgan fingerprint density at radius 2 is 2.12 bits per heavy atom. The van der Waals surface area contributed by atoms with E-state index in [2.05, 4.69) is 34.0 Å². The van der Waals surface area contributed by atoms with Crippen LogP contribution in [0.2, 0.25) is 0 Å². The van der Waals surface area contributed by atoms with Gasteiger partial charge in [0.1, 0.15) is 0 Å². The van der Waals surface area contributed by atoms with Gasteiger partial charge in [0.15, 0.2) is 0 Å². The van der Waals surface area contributed by atoms with Gasteiger partial charge in [-0.2, -0.15) is 0 Å². The fraction of sp³-hybridized carbons (Fsp3) is 0.700. The molecule has 1 aromatic heterocycles. The largest absolute Gasteiger partial charge is 0.342 e. The van der Waals surface area contributed by atoms with Crippen molar-refractivity contribution in [3.05, 3.63) is 30.1 Å². The van der Waals surface area contributed by atoms with E-state index in [4.69, 9.17) is 0 Å². The van der Waals surface area contributed by atoms with Crippen LogP contribution in [0.1, 0.15) is 44.2 Å². The topological polar surface area (TPSA) is 36.4 Å². The summed E-state index contributed by atoms with van der Waals surface area (Å²) < 4.78 is 0. The monoisotopic (exact) mass is 327 g/mol. The number of amides is 1. The molecule has 4 heteroatoms. The minimum absolute atomic E-state index is 0.375. The van der Waals surface area contributed by atoms with Crippen LogP contribution in [0.3, 0.4) is 0 Å². The number of hydrogen-bond donors (Lipinski definition) is 0. The van der Waals surface area contributed by atoms with E-state index in [1.54, 1.807) is 0 Å². The van der Waals surface area contributed by atoms with Crippen LogP contribution in [-0.4, -0.2) is 46.9 Å². The van der Waals surface area contributed by atoms with Crippen LogP contribution < -0.4 is 0 Å². The molecule has 0 aromatic carbocycles. The summed E-state index contributed by atoms with van der Waals surface area (Å²) in [6, 6.07) is 6.66. The summed E-state index contributed by atoms with van der Waals surface area (Å²) in [5.74, 6) is 2.46. The molecule has 2 saturated carbocycles. The van der Waals surface area contributed by atoms with Crippen molar-refractivity contribution in [2.75, 3.05) is 20.1 Å². The second-order valence-corrected chi connectivity index (χ2v) is 7.99. The number of carbonyl (C=O) groups is 1. The van der Waals surface area contributed by atoms with Crippen molar-refractivity contribution in [2.24, 2.45) is 17.8 Å². The van der Waals surface area contributed by atoms with E-state index in [-0.39, 0.29) is 0 Å². The molecule has 1 aromatic rings. The molecule has 3 aliphatic rings. The first-order valence-electron chi connectivity index (χ1n) is 9.61. The Morgan fingerprint density at radius 1 is 1.25 bits per heavy atom. The molecule has 1 saturated heterocycles. The van der Waals surface area contributed by atoms with Crippen molar-refractivity contribution in [1.82, 2.24) is 14.8 Å². The molecule has 4 nitrogen and oxygen atoms in total. The maximum atomic E-state index is 12.7. The van der Waals surface area contributed by atoms with Gasteiger partial charge in [-0.15, -0.1) is 0 Å². The first kappa shape index (κ1) is 16.1. The molecule has 0 unspecified atom stereocenters. The Labute approximate surface area is 145 Å². The lowest BCUT2D eigenvalue weighted by Gasteiger charge is -2.27. The van der Waals surface area contributed by atoms with E-state index in [1.807, 2.05) is 12.3 Å². The third-order valence-corrected chi connectivity index (χ3v) is 6.15. The molecule has 0 spiro atoms. The SMILES string of the molecule is CN(Cc1ccccn1)[C@@H]1CCCN(C(=O)[C@H]2C[C@H]2C2CC2)CC1. The fourth-order valence-corrected chi connectivity index (χ4v) is 4.39. The highest BCUT2D eigenvalue weighted by atomic mass is 16.2. The summed E-state index contributed by atoms with van der Waals surface area (Å²) in [5.41, 5.74) is 1.13. The van der Waals surface area contributed by atoms with Gasteiger partial charge < -0.3 is 4.90 Å². The molecule has 0 N–H and O–H groups in total. The van der Waals surface area contributed by atoms with Gasteiger partial charge in [-0.05, 0) is 69.5 Å². The summed E-state index contributed by atoms with van der Waals surface area (Å²) in [6.45, 7) is 2.79. The third-order valence-electron chi connectivity index (χ3n) is 6.15. The van der Waals surface area contributed by atoms with Crippen molar-refractivity contribution in [3.63, 3.8) is 0 Å². The van der Waals surface area contributed by atoms with E-state index in [9.17, 15) is 4.79 Å². The summed E-state index contributed by atoms with van der Waals surface area (Å²) in [6.07, 6.45) is 9.18. The molecule has 2 heterocycles. The van der Waals surface area contributed by atoms with Crippen LogP contribution in [-0.2, 0) is 11.3 Å². The van der Waals surface area contributed by atoms with Gasteiger partial charge in [0.25, 0.3) is 0 Å². The Morgan fingerprint density at radius 3 is 2.88 bits per heavy atom. The number of nitrogens with zero attached hydrogens (tertiary/aromatic N) is 3. The molecule has 0 bridgehead atoms. The number of pyridine rings is 1. The van der Waals surface area contributed by atoms with Crippen molar-refractivity contribution in [2.45, 2.75) is 51.1 Å².